The van der Waals surface area contributed by atoms with E-state index in [1.807, 2.05) is 13.1 Å². The molecule has 1 saturated heterocycles. The average Bonchev–Trinajstić information content (AvgIpc) is 2.30. The second-order valence-corrected chi connectivity index (χ2v) is 6.34. The maximum Gasteiger partial charge on any atom is 0.131 e. The number of aromatic nitrogens is 1. The Balaban J connectivity index is 2.16. The van der Waals surface area contributed by atoms with Crippen molar-refractivity contribution in [2.24, 2.45) is 11.7 Å². The van der Waals surface area contributed by atoms with Gasteiger partial charge in [-0.05, 0) is 57.1 Å². The van der Waals surface area contributed by atoms with E-state index >= 15 is 0 Å². The lowest BCUT2D eigenvalue weighted by atomic mass is 9.93. The van der Waals surface area contributed by atoms with E-state index in [4.69, 9.17) is 10.7 Å². The monoisotopic (exact) mass is 261 g/mol. The van der Waals surface area contributed by atoms with Crippen LogP contribution in [0.3, 0.4) is 0 Å². The van der Waals surface area contributed by atoms with Crippen LogP contribution in [0.4, 0.5) is 5.82 Å². The van der Waals surface area contributed by atoms with Gasteiger partial charge in [0.15, 0.2) is 0 Å². The highest BCUT2D eigenvalue weighted by atomic mass is 15.2. The van der Waals surface area contributed by atoms with Gasteiger partial charge in [-0.25, -0.2) is 4.98 Å². The molecule has 1 fully saturated rings. The largest absolute Gasteiger partial charge is 0.354 e. The first-order valence-corrected chi connectivity index (χ1v) is 7.45. The summed E-state index contributed by atoms with van der Waals surface area (Å²) in [4.78, 5) is 7.16. The van der Waals surface area contributed by atoms with Crippen molar-refractivity contribution in [1.82, 2.24) is 4.98 Å². The van der Waals surface area contributed by atoms with E-state index in [-0.39, 0.29) is 6.04 Å². The summed E-state index contributed by atoms with van der Waals surface area (Å²) in [5.74, 6) is 2.00. The highest BCUT2D eigenvalue weighted by Gasteiger charge is 2.24. The molecule has 1 aliphatic rings. The van der Waals surface area contributed by atoms with Crippen LogP contribution in [0.5, 0.6) is 0 Å². The van der Waals surface area contributed by atoms with Gasteiger partial charge in [-0.3, -0.25) is 0 Å². The average molecular weight is 261 g/mol. The normalized spacial score (nSPS) is 25.4. The van der Waals surface area contributed by atoms with Gasteiger partial charge in [0.2, 0.25) is 0 Å². The summed E-state index contributed by atoms with van der Waals surface area (Å²) in [5, 5.41) is 0. The second kappa shape index (κ2) is 5.91. The number of hydrogen-bond acceptors (Lipinski definition) is 3. The fraction of sp³-hybridized carbons (Fsp3) is 0.688. The molecule has 0 amide bonds. The number of rotatable bonds is 3. The summed E-state index contributed by atoms with van der Waals surface area (Å²) in [6.45, 7) is 9.99. The van der Waals surface area contributed by atoms with Crippen molar-refractivity contribution < 1.29 is 0 Å². The third kappa shape index (κ3) is 3.47. The minimum absolute atomic E-state index is 0.196. The molecule has 3 nitrogen and oxygen atoms in total. The van der Waals surface area contributed by atoms with Gasteiger partial charge in [0.1, 0.15) is 5.82 Å². The van der Waals surface area contributed by atoms with Gasteiger partial charge in [-0.1, -0.05) is 13.0 Å². The fourth-order valence-electron chi connectivity index (χ4n) is 3.13. The lowest BCUT2D eigenvalue weighted by Gasteiger charge is -2.38. The van der Waals surface area contributed by atoms with E-state index in [0.717, 1.165) is 24.7 Å². The van der Waals surface area contributed by atoms with Crippen molar-refractivity contribution in [1.29, 1.82) is 0 Å². The summed E-state index contributed by atoms with van der Waals surface area (Å²) in [6.07, 6.45) is 5.44. The van der Waals surface area contributed by atoms with Gasteiger partial charge in [-0.2, -0.15) is 0 Å². The number of piperidine rings is 1. The molecule has 19 heavy (non-hydrogen) atoms. The van der Waals surface area contributed by atoms with Crippen molar-refractivity contribution in [2.45, 2.75) is 59.0 Å². The van der Waals surface area contributed by atoms with Gasteiger partial charge in [-0.15, -0.1) is 0 Å². The van der Waals surface area contributed by atoms with E-state index in [1.54, 1.807) is 0 Å². The zero-order valence-corrected chi connectivity index (χ0v) is 12.7. The van der Waals surface area contributed by atoms with Crippen LogP contribution in [-0.2, 0) is 6.42 Å². The zero-order valence-electron chi connectivity index (χ0n) is 12.7. The SMILES string of the molecule is Cc1cc(CC(C)N)cnc1N1CCC(C)CC1C. The first-order chi connectivity index (χ1) is 8.97. The van der Waals surface area contributed by atoms with E-state index < -0.39 is 0 Å². The smallest absolute Gasteiger partial charge is 0.131 e. The van der Waals surface area contributed by atoms with Crippen LogP contribution in [0.25, 0.3) is 0 Å². The lowest BCUT2D eigenvalue weighted by Crippen LogP contribution is -2.41. The summed E-state index contributed by atoms with van der Waals surface area (Å²) >= 11 is 0. The van der Waals surface area contributed by atoms with Crippen molar-refractivity contribution in [3.8, 4) is 0 Å². The quantitative estimate of drug-likeness (QED) is 0.909. The van der Waals surface area contributed by atoms with Crippen molar-refractivity contribution >= 4 is 5.82 Å². The molecule has 0 aromatic carbocycles. The van der Waals surface area contributed by atoms with Crippen molar-refractivity contribution in [3.63, 3.8) is 0 Å². The van der Waals surface area contributed by atoms with Crippen LogP contribution in [0.2, 0.25) is 0 Å². The van der Waals surface area contributed by atoms with Crippen LogP contribution in [0.15, 0.2) is 12.3 Å². The molecule has 0 aliphatic carbocycles. The number of hydrogen-bond donors (Lipinski definition) is 1. The van der Waals surface area contributed by atoms with E-state index in [2.05, 4.69) is 31.7 Å². The Morgan fingerprint density at radius 1 is 1.47 bits per heavy atom. The predicted molar refractivity (Wildman–Crippen MR) is 81.5 cm³/mol. The Morgan fingerprint density at radius 3 is 2.79 bits per heavy atom. The molecule has 0 bridgehead atoms. The maximum absolute atomic E-state index is 5.85. The van der Waals surface area contributed by atoms with Crippen LogP contribution in [-0.4, -0.2) is 23.6 Å². The summed E-state index contributed by atoms with van der Waals surface area (Å²) < 4.78 is 0. The molecule has 1 aliphatic heterocycles. The maximum atomic E-state index is 5.85. The first kappa shape index (κ1) is 14.3. The highest BCUT2D eigenvalue weighted by molar-refractivity contribution is 5.48. The van der Waals surface area contributed by atoms with Crippen LogP contribution in [0.1, 0.15) is 44.7 Å². The van der Waals surface area contributed by atoms with Crippen LogP contribution < -0.4 is 10.6 Å². The van der Waals surface area contributed by atoms with Crippen LogP contribution in [0, 0.1) is 12.8 Å². The molecular formula is C16H27N3. The molecule has 2 heterocycles. The fourth-order valence-corrected chi connectivity index (χ4v) is 3.13. The molecule has 0 spiro atoms. The van der Waals surface area contributed by atoms with Gasteiger partial charge >= 0.3 is 0 Å². The summed E-state index contributed by atoms with van der Waals surface area (Å²) in [7, 11) is 0. The zero-order chi connectivity index (χ0) is 14.0. The molecule has 3 unspecified atom stereocenters. The molecule has 3 heteroatoms. The number of nitrogens with zero attached hydrogens (tertiary/aromatic N) is 2. The Bertz CT molecular complexity index is 428. The lowest BCUT2D eigenvalue weighted by molar-refractivity contribution is 0.375. The third-order valence-electron chi connectivity index (χ3n) is 4.08. The molecule has 1 aromatic heterocycles. The van der Waals surface area contributed by atoms with Gasteiger partial charge in [0, 0.05) is 24.8 Å². The Labute approximate surface area is 117 Å². The third-order valence-corrected chi connectivity index (χ3v) is 4.08. The second-order valence-electron chi connectivity index (χ2n) is 6.34. The van der Waals surface area contributed by atoms with E-state index in [1.165, 1.54) is 24.0 Å². The van der Waals surface area contributed by atoms with Crippen molar-refractivity contribution in [2.75, 3.05) is 11.4 Å². The molecule has 2 N–H and O–H groups in total. The number of aryl methyl sites for hydroxylation is 1. The minimum Gasteiger partial charge on any atom is -0.354 e. The Kier molecular flexibility index (Phi) is 4.46. The predicted octanol–water partition coefficient (Wildman–Crippen LogP) is 2.90. The Morgan fingerprint density at radius 2 is 2.21 bits per heavy atom. The number of anilines is 1. The molecule has 106 valence electrons. The summed E-state index contributed by atoms with van der Waals surface area (Å²) in [6, 6.07) is 3.03. The number of pyridine rings is 1. The highest BCUT2D eigenvalue weighted by Crippen LogP contribution is 2.28. The molecule has 0 radical (unpaired) electrons. The topological polar surface area (TPSA) is 42.1 Å². The van der Waals surface area contributed by atoms with Gasteiger partial charge in [0.25, 0.3) is 0 Å². The molecular weight excluding hydrogens is 234 g/mol. The van der Waals surface area contributed by atoms with Gasteiger partial charge in [0.05, 0.1) is 0 Å². The Hall–Kier alpha value is -1.09. The van der Waals surface area contributed by atoms with Crippen LogP contribution >= 0.6 is 0 Å². The molecule has 3 atom stereocenters. The standard InChI is InChI=1S/C16H27N3/c1-11-5-6-19(14(4)7-11)16-12(2)8-15(10-18-16)9-13(3)17/h8,10-11,13-14H,5-7,9,17H2,1-4H3. The molecule has 0 saturated carbocycles. The minimum atomic E-state index is 0.196. The first-order valence-electron chi connectivity index (χ1n) is 7.45. The molecule has 1 aromatic rings. The molecule has 2 rings (SSSR count). The van der Waals surface area contributed by atoms with E-state index in [0.29, 0.717) is 6.04 Å². The van der Waals surface area contributed by atoms with Crippen molar-refractivity contribution in [3.05, 3.63) is 23.4 Å². The van der Waals surface area contributed by atoms with E-state index in [9.17, 15) is 0 Å². The summed E-state index contributed by atoms with van der Waals surface area (Å²) in [5.41, 5.74) is 8.38. The van der Waals surface area contributed by atoms with Gasteiger partial charge < -0.3 is 10.6 Å². The number of nitrogens with two attached hydrogens (primary N) is 1.